The number of allylic oxidation sites excluding steroid dienone is 1. The van der Waals surface area contributed by atoms with Crippen molar-refractivity contribution >= 4 is 67.8 Å². The fraction of sp³-hybridized carbons (Fsp3) is 0.750. The summed E-state index contributed by atoms with van der Waals surface area (Å²) in [7, 11) is 0. The third-order valence-corrected chi connectivity index (χ3v) is 6.28. The van der Waals surface area contributed by atoms with Gasteiger partial charge in [0, 0.05) is 13.9 Å². The molecule has 0 radical (unpaired) electrons. The Bertz CT molecular complexity index is 157. The molecule has 0 saturated carbocycles. The first-order chi connectivity index (χ1) is 6.07. The van der Waals surface area contributed by atoms with Crippen molar-refractivity contribution in [3.05, 3.63) is 12.0 Å². The van der Waals surface area contributed by atoms with Gasteiger partial charge < -0.3 is 10.2 Å². The number of alkyl halides is 3. The van der Waals surface area contributed by atoms with Crippen LogP contribution in [0.5, 0.6) is 0 Å². The Morgan fingerprint density at radius 2 is 1.85 bits per heavy atom. The largest absolute Gasteiger partial charge is 0.481 e. The van der Waals surface area contributed by atoms with Gasteiger partial charge in [-0.25, -0.2) is 0 Å². The first-order valence-corrected chi connectivity index (χ1v) is 8.03. The molecule has 0 fully saturated rings. The lowest BCUT2D eigenvalue weighted by atomic mass is 10.1. The van der Waals surface area contributed by atoms with E-state index in [1.165, 1.54) is 23.3 Å². The van der Waals surface area contributed by atoms with Crippen LogP contribution in [0.1, 0.15) is 19.3 Å². The first-order valence-electron chi connectivity index (χ1n) is 4.01. The SMILES string of the molecule is OC(O)=CC(I)C(I)CCCCI. The van der Waals surface area contributed by atoms with Crippen molar-refractivity contribution in [2.75, 3.05) is 4.43 Å². The van der Waals surface area contributed by atoms with Crippen molar-refractivity contribution in [3.8, 4) is 0 Å². The van der Waals surface area contributed by atoms with Gasteiger partial charge in [-0.3, -0.25) is 0 Å². The van der Waals surface area contributed by atoms with Gasteiger partial charge in [0.1, 0.15) is 0 Å². The summed E-state index contributed by atoms with van der Waals surface area (Å²) in [4.78, 5) is 0. The zero-order valence-corrected chi connectivity index (χ0v) is 13.6. The molecule has 0 aliphatic heterocycles. The average Bonchev–Trinajstić information content (AvgIpc) is 2.03. The maximum absolute atomic E-state index is 8.65. The highest BCUT2D eigenvalue weighted by Gasteiger charge is 2.13. The van der Waals surface area contributed by atoms with Crippen LogP contribution in [0.4, 0.5) is 0 Å². The topological polar surface area (TPSA) is 40.5 Å². The Morgan fingerprint density at radius 1 is 1.23 bits per heavy atom. The Balaban J connectivity index is 3.69. The lowest BCUT2D eigenvalue weighted by Crippen LogP contribution is -2.11. The van der Waals surface area contributed by atoms with Crippen LogP contribution >= 0.6 is 67.8 Å². The summed E-state index contributed by atoms with van der Waals surface area (Å²) in [5.74, 6) is -0.560. The Hall–Kier alpha value is 1.53. The molecular weight excluding hydrogens is 509 g/mol. The second kappa shape index (κ2) is 8.81. The van der Waals surface area contributed by atoms with Gasteiger partial charge in [0.2, 0.25) is 0 Å². The fourth-order valence-corrected chi connectivity index (χ4v) is 2.71. The molecule has 0 bridgehead atoms. The fourth-order valence-electron chi connectivity index (χ4n) is 0.840. The minimum Gasteiger partial charge on any atom is -0.481 e. The average molecular weight is 522 g/mol. The summed E-state index contributed by atoms with van der Waals surface area (Å²) in [6.45, 7) is 0. The van der Waals surface area contributed by atoms with Crippen molar-refractivity contribution in [3.63, 3.8) is 0 Å². The minimum absolute atomic E-state index is 0.206. The van der Waals surface area contributed by atoms with Gasteiger partial charge in [-0.2, -0.15) is 0 Å². The molecule has 0 rings (SSSR count). The quantitative estimate of drug-likeness (QED) is 0.239. The molecule has 0 amide bonds. The first kappa shape index (κ1) is 14.5. The number of rotatable bonds is 6. The maximum Gasteiger partial charge on any atom is 0.270 e. The molecule has 0 spiro atoms. The molecule has 0 aromatic rings. The van der Waals surface area contributed by atoms with Crippen LogP contribution in [0, 0.1) is 0 Å². The van der Waals surface area contributed by atoms with Crippen LogP contribution in [0.15, 0.2) is 12.0 Å². The van der Waals surface area contributed by atoms with Crippen LogP contribution in [-0.4, -0.2) is 22.5 Å². The number of aliphatic hydroxyl groups excluding tert-OH is 1. The van der Waals surface area contributed by atoms with E-state index >= 15 is 0 Å². The van der Waals surface area contributed by atoms with Gasteiger partial charge in [0.25, 0.3) is 5.95 Å². The lowest BCUT2D eigenvalue weighted by Gasteiger charge is -2.12. The third-order valence-electron chi connectivity index (χ3n) is 1.52. The standard InChI is InChI=1S/C8H13I3O2/c9-4-2-1-3-6(10)7(11)5-8(12)13/h5-7,12-13H,1-4H2. The molecular formula is C8H13I3O2. The highest BCUT2D eigenvalue weighted by molar-refractivity contribution is 14.1. The van der Waals surface area contributed by atoms with Crippen LogP contribution in [-0.2, 0) is 0 Å². The molecule has 2 unspecified atom stereocenters. The van der Waals surface area contributed by atoms with E-state index in [2.05, 4.69) is 67.8 Å². The van der Waals surface area contributed by atoms with Crippen molar-refractivity contribution < 1.29 is 10.2 Å². The van der Waals surface area contributed by atoms with E-state index in [1.807, 2.05) is 0 Å². The van der Waals surface area contributed by atoms with Gasteiger partial charge in [-0.15, -0.1) is 0 Å². The Labute approximate surface area is 120 Å². The van der Waals surface area contributed by atoms with E-state index in [4.69, 9.17) is 10.2 Å². The molecule has 78 valence electrons. The van der Waals surface area contributed by atoms with Crippen molar-refractivity contribution in [1.29, 1.82) is 0 Å². The smallest absolute Gasteiger partial charge is 0.270 e. The molecule has 0 aromatic heterocycles. The summed E-state index contributed by atoms with van der Waals surface area (Å²) in [6, 6.07) is 0. The molecule has 0 saturated heterocycles. The number of hydrogen-bond acceptors (Lipinski definition) is 2. The molecule has 0 aromatic carbocycles. The van der Waals surface area contributed by atoms with Gasteiger partial charge in [0.15, 0.2) is 0 Å². The number of unbranched alkanes of at least 4 members (excludes halogenated alkanes) is 1. The molecule has 0 aliphatic carbocycles. The van der Waals surface area contributed by atoms with Crippen LogP contribution < -0.4 is 0 Å². The molecule has 5 heteroatoms. The van der Waals surface area contributed by atoms with Crippen molar-refractivity contribution in [1.82, 2.24) is 0 Å². The molecule has 2 nitrogen and oxygen atoms in total. The Kier molecular flexibility index (Phi) is 9.84. The zero-order valence-electron chi connectivity index (χ0n) is 7.09. The molecule has 0 aliphatic rings. The van der Waals surface area contributed by atoms with Gasteiger partial charge in [-0.1, -0.05) is 74.2 Å². The molecule has 13 heavy (non-hydrogen) atoms. The monoisotopic (exact) mass is 522 g/mol. The molecule has 0 heterocycles. The normalized spacial score (nSPS) is 15.0. The van der Waals surface area contributed by atoms with E-state index in [1.54, 1.807) is 0 Å². The maximum atomic E-state index is 8.65. The second-order valence-corrected chi connectivity index (χ2v) is 6.79. The zero-order chi connectivity index (χ0) is 10.3. The van der Waals surface area contributed by atoms with E-state index in [0.29, 0.717) is 3.92 Å². The van der Waals surface area contributed by atoms with Crippen LogP contribution in [0.25, 0.3) is 0 Å². The number of halogens is 3. The molecule has 2 atom stereocenters. The summed E-state index contributed by atoms with van der Waals surface area (Å²) < 4.78 is 1.89. The van der Waals surface area contributed by atoms with Gasteiger partial charge in [0.05, 0.1) is 0 Å². The summed E-state index contributed by atoms with van der Waals surface area (Å²) >= 11 is 6.97. The molecule has 2 N–H and O–H groups in total. The van der Waals surface area contributed by atoms with E-state index in [9.17, 15) is 0 Å². The minimum atomic E-state index is -0.560. The highest BCUT2D eigenvalue weighted by atomic mass is 127. The second-order valence-electron chi connectivity index (χ2n) is 2.67. The number of hydrogen-bond donors (Lipinski definition) is 2. The summed E-state index contributed by atoms with van der Waals surface area (Å²) in [5.41, 5.74) is 0. The Morgan fingerprint density at radius 3 is 2.31 bits per heavy atom. The van der Waals surface area contributed by atoms with Crippen molar-refractivity contribution in [2.24, 2.45) is 0 Å². The van der Waals surface area contributed by atoms with Crippen LogP contribution in [0.3, 0.4) is 0 Å². The number of aliphatic hydroxyl groups is 2. The van der Waals surface area contributed by atoms with E-state index in [-0.39, 0.29) is 3.92 Å². The third kappa shape index (κ3) is 8.52. The lowest BCUT2D eigenvalue weighted by molar-refractivity contribution is 0.189. The van der Waals surface area contributed by atoms with E-state index in [0.717, 1.165) is 6.42 Å². The van der Waals surface area contributed by atoms with Gasteiger partial charge in [-0.05, 0) is 17.3 Å². The summed E-state index contributed by atoms with van der Waals surface area (Å²) in [5, 5.41) is 17.3. The predicted octanol–water partition coefficient (Wildman–Crippen LogP) is 4.16. The van der Waals surface area contributed by atoms with E-state index < -0.39 is 5.95 Å². The van der Waals surface area contributed by atoms with Crippen LogP contribution in [0.2, 0.25) is 0 Å². The van der Waals surface area contributed by atoms with Crippen molar-refractivity contribution in [2.45, 2.75) is 27.1 Å². The predicted molar refractivity (Wildman–Crippen MR) is 81.7 cm³/mol. The summed E-state index contributed by atoms with van der Waals surface area (Å²) in [6.07, 6.45) is 5.09. The van der Waals surface area contributed by atoms with Gasteiger partial charge >= 0.3 is 0 Å². The highest BCUT2D eigenvalue weighted by Crippen LogP contribution is 2.22.